The smallest absolute Gasteiger partial charge is 0.265 e. The third kappa shape index (κ3) is 4.29. The summed E-state index contributed by atoms with van der Waals surface area (Å²) in [5.41, 5.74) is 0.487. The largest absolute Gasteiger partial charge is 0.497 e. The van der Waals surface area contributed by atoms with E-state index >= 15 is 0 Å². The Hall–Kier alpha value is -1.91. The molecule has 0 saturated carbocycles. The molecule has 0 radical (unpaired) electrons. The van der Waals surface area contributed by atoms with E-state index in [9.17, 15) is 4.79 Å². The van der Waals surface area contributed by atoms with Crippen LogP contribution >= 0.6 is 23.2 Å². The molecule has 2 aromatic carbocycles. The Labute approximate surface area is 138 Å². The van der Waals surface area contributed by atoms with Gasteiger partial charge in [-0.3, -0.25) is 4.79 Å². The number of ether oxygens (including phenoxy) is 2. The Morgan fingerprint density at radius 3 is 2.32 bits per heavy atom. The van der Waals surface area contributed by atoms with Gasteiger partial charge in [0.1, 0.15) is 11.5 Å². The fourth-order valence-corrected chi connectivity index (χ4v) is 2.19. The molecule has 0 aliphatic heterocycles. The maximum Gasteiger partial charge on any atom is 0.265 e. The van der Waals surface area contributed by atoms with Crippen molar-refractivity contribution in [2.24, 2.45) is 0 Å². The quantitative estimate of drug-likeness (QED) is 0.877. The van der Waals surface area contributed by atoms with Crippen molar-refractivity contribution in [3.8, 4) is 11.5 Å². The van der Waals surface area contributed by atoms with E-state index < -0.39 is 6.10 Å². The fraction of sp³-hybridized carbons (Fsp3) is 0.188. The summed E-state index contributed by atoms with van der Waals surface area (Å²) in [5.74, 6) is 0.989. The van der Waals surface area contributed by atoms with Gasteiger partial charge < -0.3 is 14.8 Å². The molecule has 0 saturated heterocycles. The van der Waals surface area contributed by atoms with Crippen molar-refractivity contribution in [3.63, 3.8) is 0 Å². The first-order valence-electron chi connectivity index (χ1n) is 6.56. The molecule has 0 aliphatic rings. The number of rotatable bonds is 5. The van der Waals surface area contributed by atoms with Gasteiger partial charge in [0.25, 0.3) is 5.91 Å². The molecule has 2 aromatic rings. The van der Waals surface area contributed by atoms with E-state index in [0.717, 1.165) is 5.75 Å². The minimum Gasteiger partial charge on any atom is -0.497 e. The maximum absolute atomic E-state index is 12.1. The van der Waals surface area contributed by atoms with Crippen molar-refractivity contribution in [1.29, 1.82) is 0 Å². The monoisotopic (exact) mass is 339 g/mol. The van der Waals surface area contributed by atoms with Crippen molar-refractivity contribution in [2.45, 2.75) is 13.0 Å². The van der Waals surface area contributed by atoms with Crippen molar-refractivity contribution >= 4 is 34.8 Å². The van der Waals surface area contributed by atoms with Crippen LogP contribution in [0.25, 0.3) is 0 Å². The number of carbonyl (C=O) groups excluding carboxylic acids is 1. The zero-order valence-electron chi connectivity index (χ0n) is 12.1. The molecule has 0 aliphatic carbocycles. The third-order valence-electron chi connectivity index (χ3n) is 2.93. The lowest BCUT2D eigenvalue weighted by Gasteiger charge is -2.15. The third-order valence-corrected chi connectivity index (χ3v) is 3.48. The van der Waals surface area contributed by atoms with Gasteiger partial charge in [0.2, 0.25) is 0 Å². The summed E-state index contributed by atoms with van der Waals surface area (Å²) in [5, 5.41) is 3.58. The van der Waals surface area contributed by atoms with Crippen LogP contribution in [0.4, 0.5) is 5.69 Å². The molecule has 4 nitrogen and oxygen atoms in total. The average molecular weight is 340 g/mol. The molecule has 0 bridgehead atoms. The maximum atomic E-state index is 12.1. The Balaban J connectivity index is 1.99. The van der Waals surface area contributed by atoms with Crippen LogP contribution in [0.15, 0.2) is 42.5 Å². The highest BCUT2D eigenvalue weighted by atomic mass is 35.5. The Kier molecular flexibility index (Phi) is 5.52. The van der Waals surface area contributed by atoms with Crippen molar-refractivity contribution in [3.05, 3.63) is 52.5 Å². The van der Waals surface area contributed by atoms with E-state index in [4.69, 9.17) is 32.7 Å². The summed E-state index contributed by atoms with van der Waals surface area (Å²) in [4.78, 5) is 12.1. The number of anilines is 1. The zero-order valence-corrected chi connectivity index (χ0v) is 13.6. The van der Waals surface area contributed by atoms with Crippen LogP contribution in [-0.4, -0.2) is 19.1 Å². The standard InChI is InChI=1S/C16H15Cl2NO3/c1-10(22-13-6-4-12(21-2)5-7-13)16(20)19-15-8-3-11(17)9-14(15)18/h3-10H,1-2H3,(H,19,20)/t10-/m0/s1. The van der Waals surface area contributed by atoms with Crippen LogP contribution < -0.4 is 14.8 Å². The first kappa shape index (κ1) is 16.5. The Morgan fingerprint density at radius 1 is 1.09 bits per heavy atom. The average Bonchev–Trinajstić information content (AvgIpc) is 2.50. The minimum absolute atomic E-state index is 0.306. The number of carbonyl (C=O) groups is 1. The van der Waals surface area contributed by atoms with Gasteiger partial charge >= 0.3 is 0 Å². The number of hydrogen-bond donors (Lipinski definition) is 1. The Morgan fingerprint density at radius 2 is 1.73 bits per heavy atom. The lowest BCUT2D eigenvalue weighted by Crippen LogP contribution is -2.30. The van der Waals surface area contributed by atoms with E-state index in [1.807, 2.05) is 0 Å². The van der Waals surface area contributed by atoms with E-state index in [2.05, 4.69) is 5.32 Å². The van der Waals surface area contributed by atoms with E-state index in [0.29, 0.717) is 21.5 Å². The number of methoxy groups -OCH3 is 1. The van der Waals surface area contributed by atoms with Crippen LogP contribution in [0.1, 0.15) is 6.92 Å². The second-order valence-electron chi connectivity index (χ2n) is 4.55. The van der Waals surface area contributed by atoms with Crippen LogP contribution in [0.2, 0.25) is 10.0 Å². The van der Waals surface area contributed by atoms with Gasteiger partial charge in [0.15, 0.2) is 6.10 Å². The summed E-state index contributed by atoms with van der Waals surface area (Å²) >= 11 is 11.8. The van der Waals surface area contributed by atoms with E-state index in [-0.39, 0.29) is 5.91 Å². The predicted octanol–water partition coefficient (Wildman–Crippen LogP) is 4.41. The SMILES string of the molecule is COc1ccc(O[C@@H](C)C(=O)Nc2ccc(Cl)cc2Cl)cc1. The van der Waals surface area contributed by atoms with Gasteiger partial charge in [-0.1, -0.05) is 23.2 Å². The van der Waals surface area contributed by atoms with E-state index in [1.165, 1.54) is 0 Å². The van der Waals surface area contributed by atoms with Gasteiger partial charge in [-0.15, -0.1) is 0 Å². The number of nitrogens with one attached hydrogen (secondary N) is 1. The van der Waals surface area contributed by atoms with Gasteiger partial charge in [0, 0.05) is 5.02 Å². The lowest BCUT2D eigenvalue weighted by molar-refractivity contribution is -0.122. The molecular weight excluding hydrogens is 325 g/mol. The van der Waals surface area contributed by atoms with Crippen LogP contribution in [-0.2, 0) is 4.79 Å². The molecule has 1 N–H and O–H groups in total. The second kappa shape index (κ2) is 7.38. The van der Waals surface area contributed by atoms with Crippen molar-refractivity contribution in [1.82, 2.24) is 0 Å². The van der Waals surface area contributed by atoms with Gasteiger partial charge in [-0.25, -0.2) is 0 Å². The molecule has 0 unspecified atom stereocenters. The highest BCUT2D eigenvalue weighted by Gasteiger charge is 2.16. The molecule has 0 aromatic heterocycles. The molecule has 2 rings (SSSR count). The highest BCUT2D eigenvalue weighted by Crippen LogP contribution is 2.26. The molecule has 22 heavy (non-hydrogen) atoms. The highest BCUT2D eigenvalue weighted by molar-refractivity contribution is 6.36. The number of amides is 1. The molecular formula is C16H15Cl2NO3. The summed E-state index contributed by atoms with van der Waals surface area (Å²) < 4.78 is 10.6. The first-order valence-corrected chi connectivity index (χ1v) is 7.32. The second-order valence-corrected chi connectivity index (χ2v) is 5.39. The molecule has 0 heterocycles. The van der Waals surface area contributed by atoms with Crippen molar-refractivity contribution < 1.29 is 14.3 Å². The molecule has 1 amide bonds. The van der Waals surface area contributed by atoms with Gasteiger partial charge in [-0.2, -0.15) is 0 Å². The summed E-state index contributed by atoms with van der Waals surface area (Å²) in [6.07, 6.45) is -0.680. The summed E-state index contributed by atoms with van der Waals surface area (Å²) in [6, 6.07) is 11.8. The molecule has 0 fully saturated rings. The van der Waals surface area contributed by atoms with Crippen LogP contribution in [0.5, 0.6) is 11.5 Å². The lowest BCUT2D eigenvalue weighted by atomic mass is 10.3. The molecule has 1 atom stereocenters. The number of hydrogen-bond acceptors (Lipinski definition) is 3. The first-order chi connectivity index (χ1) is 10.5. The number of benzene rings is 2. The summed E-state index contributed by atoms with van der Waals surface area (Å²) in [6.45, 7) is 1.66. The summed E-state index contributed by atoms with van der Waals surface area (Å²) in [7, 11) is 1.59. The van der Waals surface area contributed by atoms with Crippen molar-refractivity contribution in [2.75, 3.05) is 12.4 Å². The minimum atomic E-state index is -0.680. The predicted molar refractivity (Wildman–Crippen MR) is 88.2 cm³/mol. The van der Waals surface area contributed by atoms with Crippen LogP contribution in [0.3, 0.4) is 0 Å². The van der Waals surface area contributed by atoms with Gasteiger partial charge in [-0.05, 0) is 49.4 Å². The topological polar surface area (TPSA) is 47.6 Å². The molecule has 116 valence electrons. The van der Waals surface area contributed by atoms with Gasteiger partial charge in [0.05, 0.1) is 17.8 Å². The molecule has 0 spiro atoms. The Bertz CT molecular complexity index is 659. The molecule has 6 heteroatoms. The van der Waals surface area contributed by atoms with E-state index in [1.54, 1.807) is 56.5 Å². The number of halogens is 2. The van der Waals surface area contributed by atoms with Crippen LogP contribution in [0, 0.1) is 0 Å². The fourth-order valence-electron chi connectivity index (χ4n) is 1.74. The zero-order chi connectivity index (χ0) is 16.1. The normalized spacial score (nSPS) is 11.6.